The molecule has 0 bridgehead atoms. The normalized spacial score (nSPS) is 12.3. The Kier molecular flexibility index (Phi) is 2.59. The Balaban J connectivity index is 2.62. The topological polar surface area (TPSA) is 0 Å². The molecule has 0 N–H and O–H groups in total. The Hall–Kier alpha value is -0.820. The van der Waals surface area contributed by atoms with E-state index in [1.165, 1.54) is 21.2 Å². The van der Waals surface area contributed by atoms with Gasteiger partial charge in [-0.05, 0) is 39.8 Å². The monoisotopic (exact) mass is 218 g/mol. The van der Waals surface area contributed by atoms with Crippen LogP contribution < -0.4 is 0 Å². The zero-order chi connectivity index (χ0) is 11.1. The van der Waals surface area contributed by atoms with Gasteiger partial charge in [-0.1, -0.05) is 39.8 Å². The van der Waals surface area contributed by atoms with Crippen LogP contribution in [0.5, 0.6) is 0 Å². The maximum Gasteiger partial charge on any atom is 0.0348 e. The lowest BCUT2D eigenvalue weighted by atomic mass is 9.87. The van der Waals surface area contributed by atoms with Crippen LogP contribution in [0.2, 0.25) is 0 Å². The fourth-order valence-corrected chi connectivity index (χ4v) is 3.12. The third-order valence-corrected chi connectivity index (χ3v) is 3.80. The lowest BCUT2D eigenvalue weighted by Gasteiger charge is -2.17. The Morgan fingerprint density at radius 2 is 1.93 bits per heavy atom. The van der Waals surface area contributed by atoms with Crippen molar-refractivity contribution in [2.24, 2.45) is 0 Å². The van der Waals surface area contributed by atoms with Crippen molar-refractivity contribution in [3.05, 3.63) is 34.7 Å². The fourth-order valence-electron chi connectivity index (χ4n) is 1.87. The number of benzene rings is 1. The van der Waals surface area contributed by atoms with E-state index in [0.717, 1.165) is 6.42 Å². The van der Waals surface area contributed by atoms with Gasteiger partial charge in [-0.25, -0.2) is 0 Å². The summed E-state index contributed by atoms with van der Waals surface area (Å²) < 4.78 is 1.43. The molecule has 2 rings (SSSR count). The van der Waals surface area contributed by atoms with E-state index in [9.17, 15) is 0 Å². The van der Waals surface area contributed by atoms with E-state index in [1.54, 1.807) is 0 Å². The van der Waals surface area contributed by atoms with Crippen LogP contribution in [0.4, 0.5) is 0 Å². The van der Waals surface area contributed by atoms with Gasteiger partial charge in [0.15, 0.2) is 0 Å². The molecule has 2 aromatic rings. The molecule has 1 aromatic carbocycles. The smallest absolute Gasteiger partial charge is 0.0348 e. The van der Waals surface area contributed by atoms with Gasteiger partial charge >= 0.3 is 0 Å². The Morgan fingerprint density at radius 1 is 1.20 bits per heavy atom. The Labute approximate surface area is 95.9 Å². The van der Waals surface area contributed by atoms with Crippen LogP contribution in [0.1, 0.15) is 38.8 Å². The third kappa shape index (κ3) is 1.93. The van der Waals surface area contributed by atoms with Gasteiger partial charge in [0.25, 0.3) is 0 Å². The van der Waals surface area contributed by atoms with E-state index in [2.05, 4.69) is 51.3 Å². The minimum atomic E-state index is 0.256. The lowest BCUT2D eigenvalue weighted by molar-refractivity contribution is 0.598. The lowest BCUT2D eigenvalue weighted by Crippen LogP contribution is -2.09. The van der Waals surface area contributed by atoms with E-state index >= 15 is 0 Å². The summed E-state index contributed by atoms with van der Waals surface area (Å²) in [6.45, 7) is 9.05. The molecule has 80 valence electrons. The van der Waals surface area contributed by atoms with Crippen LogP contribution in [-0.2, 0) is 11.8 Å². The maximum atomic E-state index is 2.33. The van der Waals surface area contributed by atoms with Crippen LogP contribution in [0, 0.1) is 0 Å². The van der Waals surface area contributed by atoms with Crippen molar-refractivity contribution in [1.82, 2.24) is 0 Å². The molecule has 15 heavy (non-hydrogen) atoms. The zero-order valence-corrected chi connectivity index (χ0v) is 10.7. The van der Waals surface area contributed by atoms with Crippen molar-refractivity contribution in [3.8, 4) is 0 Å². The first-order chi connectivity index (χ1) is 7.02. The molecular formula is C14H18S. The summed E-state index contributed by atoms with van der Waals surface area (Å²) in [5, 5.41) is 3.74. The Bertz CT molecular complexity index is 472. The summed E-state index contributed by atoms with van der Waals surface area (Å²) >= 11 is 1.87. The quantitative estimate of drug-likeness (QED) is 0.647. The second-order valence-corrected chi connectivity index (χ2v) is 5.99. The van der Waals surface area contributed by atoms with Crippen molar-refractivity contribution >= 4 is 21.4 Å². The van der Waals surface area contributed by atoms with Gasteiger partial charge in [-0.2, -0.15) is 0 Å². The highest BCUT2D eigenvalue weighted by atomic mass is 32.1. The van der Waals surface area contributed by atoms with Crippen molar-refractivity contribution < 1.29 is 0 Å². The van der Waals surface area contributed by atoms with Gasteiger partial charge in [-0.3, -0.25) is 0 Å². The molecule has 1 heterocycles. The van der Waals surface area contributed by atoms with Crippen LogP contribution >= 0.6 is 11.3 Å². The highest BCUT2D eigenvalue weighted by molar-refractivity contribution is 7.17. The molecule has 0 aliphatic carbocycles. The van der Waals surface area contributed by atoms with E-state index in [0.29, 0.717) is 0 Å². The summed E-state index contributed by atoms with van der Waals surface area (Å²) in [6.07, 6.45) is 1.12. The predicted octanol–water partition coefficient (Wildman–Crippen LogP) is 4.76. The zero-order valence-electron chi connectivity index (χ0n) is 9.92. The number of fused-ring (bicyclic) bond motifs is 1. The summed E-state index contributed by atoms with van der Waals surface area (Å²) in [5.74, 6) is 0. The second-order valence-electron chi connectivity index (χ2n) is 5.08. The average Bonchev–Trinajstić information content (AvgIpc) is 2.59. The average molecular weight is 218 g/mol. The molecule has 0 radical (unpaired) electrons. The van der Waals surface area contributed by atoms with Crippen molar-refractivity contribution in [2.45, 2.75) is 39.5 Å². The number of hydrogen-bond donors (Lipinski definition) is 0. The van der Waals surface area contributed by atoms with Gasteiger partial charge in [0.2, 0.25) is 0 Å². The molecule has 1 heteroatoms. The van der Waals surface area contributed by atoms with Gasteiger partial charge in [0, 0.05) is 4.70 Å². The molecule has 1 aromatic heterocycles. The van der Waals surface area contributed by atoms with Crippen molar-refractivity contribution in [3.63, 3.8) is 0 Å². The van der Waals surface area contributed by atoms with Crippen LogP contribution in [0.3, 0.4) is 0 Å². The van der Waals surface area contributed by atoms with Gasteiger partial charge in [-0.15, -0.1) is 11.3 Å². The molecule has 0 fully saturated rings. The second kappa shape index (κ2) is 3.64. The predicted molar refractivity (Wildman–Crippen MR) is 69.9 cm³/mol. The van der Waals surface area contributed by atoms with Gasteiger partial charge < -0.3 is 0 Å². The van der Waals surface area contributed by atoms with Crippen molar-refractivity contribution in [2.75, 3.05) is 0 Å². The van der Waals surface area contributed by atoms with E-state index in [4.69, 9.17) is 0 Å². The highest BCUT2D eigenvalue weighted by Crippen LogP contribution is 2.35. The molecule has 0 nitrogen and oxygen atoms in total. The number of hydrogen-bond acceptors (Lipinski definition) is 1. The molecule has 0 saturated carbocycles. The number of thiophene rings is 1. The maximum absolute atomic E-state index is 2.33. The first-order valence-electron chi connectivity index (χ1n) is 5.53. The van der Waals surface area contributed by atoms with Gasteiger partial charge in [0.1, 0.15) is 0 Å². The molecule has 0 saturated heterocycles. The minimum absolute atomic E-state index is 0.256. The van der Waals surface area contributed by atoms with Crippen LogP contribution in [-0.4, -0.2) is 0 Å². The van der Waals surface area contributed by atoms with E-state index in [1.807, 2.05) is 11.3 Å². The van der Waals surface area contributed by atoms with Crippen LogP contribution in [0.25, 0.3) is 10.1 Å². The van der Waals surface area contributed by atoms with Crippen LogP contribution in [0.15, 0.2) is 23.6 Å². The Morgan fingerprint density at radius 3 is 2.53 bits per heavy atom. The summed E-state index contributed by atoms with van der Waals surface area (Å²) in [7, 11) is 0. The number of aryl methyl sites for hydroxylation is 1. The van der Waals surface area contributed by atoms with E-state index < -0.39 is 0 Å². The highest BCUT2D eigenvalue weighted by Gasteiger charge is 2.17. The number of rotatable bonds is 1. The van der Waals surface area contributed by atoms with Gasteiger partial charge in [0.05, 0.1) is 0 Å². The molecule has 0 unspecified atom stereocenters. The molecular weight excluding hydrogens is 200 g/mol. The summed E-state index contributed by atoms with van der Waals surface area (Å²) in [5.41, 5.74) is 3.17. The molecule has 0 aliphatic heterocycles. The third-order valence-electron chi connectivity index (χ3n) is 2.86. The molecule has 0 aliphatic rings. The summed E-state index contributed by atoms with van der Waals surface area (Å²) in [4.78, 5) is 0. The van der Waals surface area contributed by atoms with Crippen molar-refractivity contribution in [1.29, 1.82) is 0 Å². The summed E-state index contributed by atoms with van der Waals surface area (Å²) in [6, 6.07) is 6.87. The molecule has 0 atom stereocenters. The first kappa shape index (κ1) is 10.7. The fraction of sp³-hybridized carbons (Fsp3) is 0.429. The SMILES string of the molecule is CCc1ccc2c(C(C)(C)C)csc2c1. The standard InChI is InChI=1S/C14H18S/c1-5-10-6-7-11-12(14(2,3)4)9-15-13(11)8-10/h6-9H,5H2,1-4H3. The molecule has 0 amide bonds. The molecule has 0 spiro atoms. The largest absolute Gasteiger partial charge is 0.143 e. The first-order valence-corrected chi connectivity index (χ1v) is 6.41. The minimum Gasteiger partial charge on any atom is -0.143 e. The van der Waals surface area contributed by atoms with E-state index in [-0.39, 0.29) is 5.41 Å².